The molecule has 4 aromatic carbocycles. The number of carbonyl (C=O) groups excluding carboxylic acids is 3. The summed E-state index contributed by atoms with van der Waals surface area (Å²) in [6.07, 6.45) is 0. The second-order valence-electron chi connectivity index (χ2n) is 10.4. The van der Waals surface area contributed by atoms with Gasteiger partial charge >= 0.3 is 5.97 Å². The van der Waals surface area contributed by atoms with E-state index in [1.54, 1.807) is 42.5 Å². The van der Waals surface area contributed by atoms with E-state index in [2.05, 4.69) is 9.72 Å². The molecule has 0 saturated heterocycles. The van der Waals surface area contributed by atoms with Gasteiger partial charge in [0.05, 0.1) is 17.0 Å². The number of hydrogen-bond donors (Lipinski definition) is 0. The molecule has 0 bridgehead atoms. The number of fused-ring (bicyclic) bond motifs is 3. The second kappa shape index (κ2) is 13.2. The molecule has 6 aromatic rings. The van der Waals surface area contributed by atoms with E-state index in [1.807, 2.05) is 79.9 Å². The minimum Gasteiger partial charge on any atom is -0.380 e. The van der Waals surface area contributed by atoms with Gasteiger partial charge in [0, 0.05) is 51.6 Å². The summed E-state index contributed by atoms with van der Waals surface area (Å²) in [6, 6.07) is 30.7. The Morgan fingerprint density at radius 2 is 1.47 bits per heavy atom. The molecular formula is C37H30N2O5S. The molecule has 0 atom stereocenters. The average molecular weight is 615 g/mol. The molecule has 0 spiro atoms. The Morgan fingerprint density at radius 1 is 0.778 bits per heavy atom. The Morgan fingerprint density at radius 3 is 2.16 bits per heavy atom. The van der Waals surface area contributed by atoms with Crippen LogP contribution < -0.4 is 0 Å². The molecule has 0 fully saturated rings. The SMILES string of the molecule is CCOCCn1c2ccc(C(=O)/C(=N/OC(=O)c3ccccc3)c3ccccc3C)cc2c2cc(C(=O)c3cccs3)ccc21. The Hall–Kier alpha value is -5.18. The van der Waals surface area contributed by atoms with Crippen LogP contribution in [0.3, 0.4) is 0 Å². The predicted octanol–water partition coefficient (Wildman–Crippen LogP) is 7.88. The third-order valence-electron chi connectivity index (χ3n) is 7.64. The number of aromatic nitrogens is 1. The van der Waals surface area contributed by atoms with E-state index in [9.17, 15) is 14.4 Å². The van der Waals surface area contributed by atoms with Gasteiger partial charge in [0.1, 0.15) is 0 Å². The topological polar surface area (TPSA) is 87.0 Å². The molecular weight excluding hydrogens is 584 g/mol. The van der Waals surface area contributed by atoms with Crippen molar-refractivity contribution < 1.29 is 24.0 Å². The van der Waals surface area contributed by atoms with Gasteiger partial charge in [-0.3, -0.25) is 9.59 Å². The number of ether oxygens (including phenoxy) is 1. The van der Waals surface area contributed by atoms with Gasteiger partial charge in [-0.25, -0.2) is 4.79 Å². The van der Waals surface area contributed by atoms with Crippen molar-refractivity contribution in [2.75, 3.05) is 13.2 Å². The van der Waals surface area contributed by atoms with Crippen molar-refractivity contribution in [3.63, 3.8) is 0 Å². The number of ketones is 2. The van der Waals surface area contributed by atoms with Crippen LogP contribution in [0.2, 0.25) is 0 Å². The largest absolute Gasteiger partial charge is 0.380 e. The van der Waals surface area contributed by atoms with Gasteiger partial charge in [-0.05, 0) is 79.4 Å². The van der Waals surface area contributed by atoms with E-state index in [0.29, 0.717) is 46.9 Å². The fraction of sp³-hybridized carbons (Fsp3) is 0.135. The highest BCUT2D eigenvalue weighted by Crippen LogP contribution is 2.32. The quantitative estimate of drug-likeness (QED) is 0.0487. The highest BCUT2D eigenvalue weighted by Gasteiger charge is 2.23. The summed E-state index contributed by atoms with van der Waals surface area (Å²) in [6.45, 7) is 5.55. The van der Waals surface area contributed by atoms with Gasteiger partial charge in [0.2, 0.25) is 11.6 Å². The first-order chi connectivity index (χ1) is 22.0. The average Bonchev–Trinajstić information content (AvgIpc) is 3.72. The van der Waals surface area contributed by atoms with E-state index in [0.717, 1.165) is 27.4 Å². The molecule has 0 radical (unpaired) electrons. The highest BCUT2D eigenvalue weighted by molar-refractivity contribution is 7.12. The standard InChI is InChI=1S/C37H30N2O5S/c1-3-43-20-19-39-31-17-15-26(35(40)33-14-9-21-45-33)22-29(31)30-23-27(16-18-32(30)39)36(41)34(28-13-8-7-10-24(28)2)38-44-37(42)25-11-5-4-6-12-25/h4-18,21-23H,3,19-20H2,1-2H3/b38-34+. The van der Waals surface area contributed by atoms with Gasteiger partial charge in [0.15, 0.2) is 5.71 Å². The fourth-order valence-corrected chi connectivity index (χ4v) is 6.07. The fourth-order valence-electron chi connectivity index (χ4n) is 5.38. The zero-order valence-electron chi connectivity index (χ0n) is 24.9. The zero-order valence-corrected chi connectivity index (χ0v) is 25.7. The molecule has 6 rings (SSSR count). The first kappa shape index (κ1) is 29.9. The normalized spacial score (nSPS) is 11.6. The lowest BCUT2D eigenvalue weighted by atomic mass is 9.96. The first-order valence-electron chi connectivity index (χ1n) is 14.6. The molecule has 45 heavy (non-hydrogen) atoms. The van der Waals surface area contributed by atoms with Crippen LogP contribution in [0.25, 0.3) is 21.8 Å². The predicted molar refractivity (Wildman–Crippen MR) is 178 cm³/mol. The number of oxime groups is 1. The molecule has 0 N–H and O–H groups in total. The summed E-state index contributed by atoms with van der Waals surface area (Å²) >= 11 is 1.40. The number of hydrogen-bond acceptors (Lipinski definition) is 7. The molecule has 0 unspecified atom stereocenters. The van der Waals surface area contributed by atoms with Gasteiger partial charge in [0.25, 0.3) is 0 Å². The molecule has 0 aliphatic rings. The van der Waals surface area contributed by atoms with Crippen molar-refractivity contribution in [2.24, 2.45) is 5.16 Å². The van der Waals surface area contributed by atoms with Crippen LogP contribution in [0.15, 0.2) is 114 Å². The number of Topliss-reactive ketones (excluding diaryl/α,β-unsaturated/α-hetero) is 1. The van der Waals surface area contributed by atoms with Gasteiger partial charge < -0.3 is 14.1 Å². The van der Waals surface area contributed by atoms with Gasteiger partial charge in [-0.15, -0.1) is 11.3 Å². The molecule has 0 aliphatic carbocycles. The maximum Gasteiger partial charge on any atom is 0.365 e. The summed E-state index contributed by atoms with van der Waals surface area (Å²) in [4.78, 5) is 46.2. The second-order valence-corrected chi connectivity index (χ2v) is 11.4. The van der Waals surface area contributed by atoms with Crippen LogP contribution in [-0.4, -0.2) is 41.0 Å². The van der Waals surface area contributed by atoms with Crippen LogP contribution in [0.4, 0.5) is 0 Å². The van der Waals surface area contributed by atoms with Gasteiger partial charge in [-0.1, -0.05) is 53.7 Å². The van der Waals surface area contributed by atoms with Crippen LogP contribution in [0.5, 0.6) is 0 Å². The Labute approximate surface area is 264 Å². The maximum atomic E-state index is 14.2. The number of rotatable bonds is 11. The van der Waals surface area contributed by atoms with Crippen LogP contribution in [0.1, 0.15) is 54.0 Å². The smallest absolute Gasteiger partial charge is 0.365 e. The van der Waals surface area contributed by atoms with Crippen LogP contribution >= 0.6 is 11.3 Å². The molecule has 224 valence electrons. The first-order valence-corrected chi connectivity index (χ1v) is 15.5. The van der Waals surface area contributed by atoms with E-state index < -0.39 is 11.8 Å². The number of thiophene rings is 1. The molecule has 0 aliphatic heterocycles. The molecule has 8 heteroatoms. The third kappa shape index (κ3) is 6.11. The van der Waals surface area contributed by atoms with Crippen molar-refractivity contribution in [1.82, 2.24) is 4.57 Å². The molecule has 2 heterocycles. The Balaban J connectivity index is 1.45. The third-order valence-corrected chi connectivity index (χ3v) is 8.51. The van der Waals surface area contributed by atoms with Crippen molar-refractivity contribution in [1.29, 1.82) is 0 Å². The molecule has 7 nitrogen and oxygen atoms in total. The van der Waals surface area contributed by atoms with Crippen molar-refractivity contribution in [2.45, 2.75) is 20.4 Å². The van der Waals surface area contributed by atoms with E-state index in [-0.39, 0.29) is 11.5 Å². The molecule has 2 aromatic heterocycles. The lowest BCUT2D eigenvalue weighted by molar-refractivity contribution is 0.0516. The zero-order chi connectivity index (χ0) is 31.3. The number of nitrogens with zero attached hydrogens (tertiary/aromatic N) is 2. The van der Waals surface area contributed by atoms with Crippen LogP contribution in [-0.2, 0) is 16.1 Å². The van der Waals surface area contributed by atoms with Gasteiger partial charge in [-0.2, -0.15) is 0 Å². The number of carbonyl (C=O) groups is 3. The van der Waals surface area contributed by atoms with E-state index >= 15 is 0 Å². The molecule has 0 saturated carbocycles. The summed E-state index contributed by atoms with van der Waals surface area (Å²) in [7, 11) is 0. The van der Waals surface area contributed by atoms with Crippen molar-refractivity contribution >= 4 is 56.4 Å². The molecule has 0 amide bonds. The van der Waals surface area contributed by atoms with Crippen molar-refractivity contribution in [3.8, 4) is 0 Å². The lowest BCUT2D eigenvalue weighted by Crippen LogP contribution is -2.18. The summed E-state index contributed by atoms with van der Waals surface area (Å²) in [5.74, 6) is -1.11. The van der Waals surface area contributed by atoms with E-state index in [1.165, 1.54) is 11.3 Å². The number of benzene rings is 4. The van der Waals surface area contributed by atoms with Crippen LogP contribution in [0, 0.1) is 6.92 Å². The minimum atomic E-state index is -0.662. The Bertz CT molecular complexity index is 2060. The lowest BCUT2D eigenvalue weighted by Gasteiger charge is -2.10. The minimum absolute atomic E-state index is 0.0189. The summed E-state index contributed by atoms with van der Waals surface area (Å²) in [5.41, 5.74) is 4.50. The summed E-state index contributed by atoms with van der Waals surface area (Å²) in [5, 5.41) is 7.67. The monoisotopic (exact) mass is 614 g/mol. The maximum absolute atomic E-state index is 14.2. The van der Waals surface area contributed by atoms with E-state index in [4.69, 9.17) is 9.57 Å². The van der Waals surface area contributed by atoms with Crippen molar-refractivity contribution in [3.05, 3.63) is 141 Å². The summed E-state index contributed by atoms with van der Waals surface area (Å²) < 4.78 is 7.81. The Kier molecular flexibility index (Phi) is 8.77. The number of aryl methyl sites for hydroxylation is 1. The highest BCUT2D eigenvalue weighted by atomic mass is 32.1.